The Balaban J connectivity index is 1.50. The molecule has 2 N–H and O–H groups in total. The summed E-state index contributed by atoms with van der Waals surface area (Å²) in [5.74, 6) is 0.237. The summed E-state index contributed by atoms with van der Waals surface area (Å²) in [5.41, 5.74) is 3.89. The molecular weight excluding hydrogens is 425 g/mol. The van der Waals surface area contributed by atoms with Crippen LogP contribution in [-0.4, -0.2) is 44.6 Å². The zero-order chi connectivity index (χ0) is 20.8. The standard InChI is InChI=1S/C21H21Cl2N5O2/c22-15-2-1-14-19(13-9-25-26-10-13)16-11-27(5-6-28(16)21(14)20(15)23)18(30)8-12-3-4-24-17(29)7-12/h1-2,9-10,12H,3-8,11H2,(H,24,29)(H,25,26). The van der Waals surface area contributed by atoms with Crippen molar-refractivity contribution in [3.05, 3.63) is 40.3 Å². The number of nitrogens with one attached hydrogen (secondary N) is 2. The number of nitrogens with zero attached hydrogens (tertiary/aromatic N) is 3. The first kappa shape index (κ1) is 19.5. The fourth-order valence-corrected chi connectivity index (χ4v) is 5.07. The van der Waals surface area contributed by atoms with Crippen LogP contribution in [0.2, 0.25) is 10.0 Å². The van der Waals surface area contributed by atoms with Gasteiger partial charge in [-0.15, -0.1) is 0 Å². The lowest BCUT2D eigenvalue weighted by atomic mass is 9.93. The maximum atomic E-state index is 13.0. The van der Waals surface area contributed by atoms with Crippen molar-refractivity contribution in [3.8, 4) is 11.1 Å². The molecule has 1 aromatic carbocycles. The monoisotopic (exact) mass is 445 g/mol. The molecule has 1 fully saturated rings. The maximum Gasteiger partial charge on any atom is 0.223 e. The molecule has 2 amide bonds. The average molecular weight is 446 g/mol. The Morgan fingerprint density at radius 1 is 1.27 bits per heavy atom. The molecule has 2 aromatic heterocycles. The molecule has 9 heteroatoms. The molecule has 30 heavy (non-hydrogen) atoms. The lowest BCUT2D eigenvalue weighted by Gasteiger charge is -2.31. The Morgan fingerprint density at radius 2 is 2.13 bits per heavy atom. The Morgan fingerprint density at radius 3 is 2.90 bits per heavy atom. The number of piperidine rings is 1. The van der Waals surface area contributed by atoms with E-state index < -0.39 is 0 Å². The van der Waals surface area contributed by atoms with Crippen LogP contribution < -0.4 is 5.32 Å². The summed E-state index contributed by atoms with van der Waals surface area (Å²) < 4.78 is 2.17. The highest BCUT2D eigenvalue weighted by Gasteiger charge is 2.30. The Bertz CT molecular complexity index is 1140. The van der Waals surface area contributed by atoms with Crippen LogP contribution >= 0.6 is 23.2 Å². The molecule has 0 bridgehead atoms. The lowest BCUT2D eigenvalue weighted by Crippen LogP contribution is -2.41. The van der Waals surface area contributed by atoms with Crippen LogP contribution in [0.1, 0.15) is 25.0 Å². The van der Waals surface area contributed by atoms with Crippen LogP contribution in [0.3, 0.4) is 0 Å². The fourth-order valence-electron chi connectivity index (χ4n) is 4.65. The van der Waals surface area contributed by atoms with Crippen LogP contribution in [-0.2, 0) is 22.7 Å². The number of hydrogen-bond donors (Lipinski definition) is 2. The second-order valence-electron chi connectivity index (χ2n) is 7.95. The molecule has 4 heterocycles. The molecule has 7 nitrogen and oxygen atoms in total. The summed E-state index contributed by atoms with van der Waals surface area (Å²) in [4.78, 5) is 26.6. The van der Waals surface area contributed by atoms with E-state index in [9.17, 15) is 9.59 Å². The van der Waals surface area contributed by atoms with Gasteiger partial charge in [-0.1, -0.05) is 29.3 Å². The van der Waals surface area contributed by atoms with Gasteiger partial charge in [0.1, 0.15) is 0 Å². The molecule has 3 aromatic rings. The van der Waals surface area contributed by atoms with E-state index in [0.717, 1.165) is 34.1 Å². The number of carbonyl (C=O) groups is 2. The first-order valence-electron chi connectivity index (χ1n) is 10.1. The number of H-pyrrole nitrogens is 1. The highest BCUT2D eigenvalue weighted by molar-refractivity contribution is 6.45. The molecule has 156 valence electrons. The zero-order valence-electron chi connectivity index (χ0n) is 16.3. The largest absolute Gasteiger partial charge is 0.356 e. The minimum atomic E-state index is 0.0339. The maximum absolute atomic E-state index is 13.0. The van der Waals surface area contributed by atoms with E-state index in [1.54, 1.807) is 12.3 Å². The van der Waals surface area contributed by atoms with Crippen LogP contribution in [0.15, 0.2) is 24.5 Å². The molecule has 2 aliphatic rings. The van der Waals surface area contributed by atoms with Gasteiger partial charge in [0, 0.05) is 60.9 Å². The third-order valence-corrected chi connectivity index (χ3v) is 6.90. The predicted molar refractivity (Wildman–Crippen MR) is 115 cm³/mol. The second-order valence-corrected chi connectivity index (χ2v) is 8.73. The van der Waals surface area contributed by atoms with Crippen LogP contribution in [0.5, 0.6) is 0 Å². The lowest BCUT2D eigenvalue weighted by molar-refractivity contribution is -0.134. The van der Waals surface area contributed by atoms with Crippen molar-refractivity contribution in [1.82, 2.24) is 25.0 Å². The second kappa shape index (κ2) is 7.63. The van der Waals surface area contributed by atoms with Gasteiger partial charge < -0.3 is 14.8 Å². The van der Waals surface area contributed by atoms with Gasteiger partial charge >= 0.3 is 0 Å². The van der Waals surface area contributed by atoms with E-state index in [4.69, 9.17) is 23.2 Å². The van der Waals surface area contributed by atoms with Gasteiger partial charge in [-0.25, -0.2) is 0 Å². The first-order valence-corrected chi connectivity index (χ1v) is 10.8. The van der Waals surface area contributed by atoms with Crippen molar-refractivity contribution < 1.29 is 9.59 Å². The van der Waals surface area contributed by atoms with Crippen molar-refractivity contribution >= 4 is 45.9 Å². The van der Waals surface area contributed by atoms with E-state index in [1.165, 1.54) is 0 Å². The SMILES string of the molecule is O=C1CC(CC(=O)N2CCn3c(c(-c4cn[nH]c4)c4ccc(Cl)c(Cl)c43)C2)CCN1. The minimum Gasteiger partial charge on any atom is -0.356 e. The normalized spacial score (nSPS) is 19.1. The van der Waals surface area contributed by atoms with Gasteiger partial charge in [0.25, 0.3) is 0 Å². The summed E-state index contributed by atoms with van der Waals surface area (Å²) in [6.07, 6.45) is 5.30. The molecular formula is C21H21Cl2N5O2. The summed E-state index contributed by atoms with van der Waals surface area (Å²) in [5, 5.41) is 11.8. The van der Waals surface area contributed by atoms with Crippen molar-refractivity contribution in [2.24, 2.45) is 5.92 Å². The average Bonchev–Trinajstić information content (AvgIpc) is 3.36. The number of carbonyl (C=O) groups excluding carboxylic acids is 2. The van der Waals surface area contributed by atoms with Crippen molar-refractivity contribution in [3.63, 3.8) is 0 Å². The number of halogens is 2. The fraction of sp³-hybridized carbons (Fsp3) is 0.381. The zero-order valence-corrected chi connectivity index (χ0v) is 17.8. The van der Waals surface area contributed by atoms with E-state index in [1.807, 2.05) is 17.2 Å². The van der Waals surface area contributed by atoms with E-state index in [2.05, 4.69) is 20.1 Å². The van der Waals surface area contributed by atoms with Gasteiger partial charge in [0.2, 0.25) is 11.8 Å². The molecule has 1 unspecified atom stereocenters. The van der Waals surface area contributed by atoms with Gasteiger partial charge in [0.05, 0.1) is 28.3 Å². The van der Waals surface area contributed by atoms with E-state index >= 15 is 0 Å². The van der Waals surface area contributed by atoms with Crippen LogP contribution in [0.25, 0.3) is 22.0 Å². The molecule has 0 saturated carbocycles. The Labute approximate surface area is 183 Å². The third-order valence-electron chi connectivity index (χ3n) is 6.11. The van der Waals surface area contributed by atoms with Gasteiger partial charge in [-0.2, -0.15) is 5.10 Å². The van der Waals surface area contributed by atoms with Crippen molar-refractivity contribution in [2.45, 2.75) is 32.4 Å². The molecule has 5 rings (SSSR count). The number of amides is 2. The number of benzene rings is 1. The Kier molecular flexibility index (Phi) is 4.95. The van der Waals surface area contributed by atoms with Crippen molar-refractivity contribution in [2.75, 3.05) is 13.1 Å². The van der Waals surface area contributed by atoms with E-state index in [-0.39, 0.29) is 17.7 Å². The first-order chi connectivity index (χ1) is 14.5. The number of aromatic amines is 1. The van der Waals surface area contributed by atoms with Gasteiger partial charge in [-0.3, -0.25) is 14.7 Å². The molecule has 1 saturated heterocycles. The Hall–Kier alpha value is -2.51. The van der Waals surface area contributed by atoms with E-state index in [0.29, 0.717) is 49.1 Å². The quantitative estimate of drug-likeness (QED) is 0.645. The number of fused-ring (bicyclic) bond motifs is 3. The third kappa shape index (κ3) is 3.26. The molecule has 0 spiro atoms. The molecule has 0 radical (unpaired) electrons. The van der Waals surface area contributed by atoms with Gasteiger partial charge in [-0.05, 0) is 18.4 Å². The highest BCUT2D eigenvalue weighted by atomic mass is 35.5. The summed E-state index contributed by atoms with van der Waals surface area (Å²) in [7, 11) is 0. The summed E-state index contributed by atoms with van der Waals surface area (Å²) in [6.45, 7) is 2.37. The smallest absolute Gasteiger partial charge is 0.223 e. The number of aromatic nitrogens is 3. The summed E-state index contributed by atoms with van der Waals surface area (Å²) >= 11 is 12.9. The highest BCUT2D eigenvalue weighted by Crippen LogP contribution is 2.42. The van der Waals surface area contributed by atoms with Crippen LogP contribution in [0, 0.1) is 5.92 Å². The summed E-state index contributed by atoms with van der Waals surface area (Å²) in [6, 6.07) is 3.78. The minimum absolute atomic E-state index is 0.0339. The number of hydrogen-bond acceptors (Lipinski definition) is 3. The van der Waals surface area contributed by atoms with Gasteiger partial charge in [0.15, 0.2) is 0 Å². The predicted octanol–water partition coefficient (Wildman–Crippen LogP) is 3.60. The van der Waals surface area contributed by atoms with Crippen LogP contribution in [0.4, 0.5) is 0 Å². The van der Waals surface area contributed by atoms with Crippen molar-refractivity contribution in [1.29, 1.82) is 0 Å². The topological polar surface area (TPSA) is 83.0 Å². The molecule has 1 atom stereocenters. The molecule has 2 aliphatic heterocycles. The molecule has 0 aliphatic carbocycles. The number of rotatable bonds is 3.